The molecule has 5 heteroatoms. The molecule has 0 radical (unpaired) electrons. The SMILES string of the molecule is COc1ccc([C@@H](C[NH3+])[NH+]2CCN(c3cccc(Cl)c3)CC2)cc1. The van der Waals surface area contributed by atoms with Gasteiger partial charge in [0.2, 0.25) is 0 Å². The molecule has 128 valence electrons. The van der Waals surface area contributed by atoms with Gasteiger partial charge in [0.15, 0.2) is 6.04 Å². The summed E-state index contributed by atoms with van der Waals surface area (Å²) in [4.78, 5) is 4.03. The summed E-state index contributed by atoms with van der Waals surface area (Å²) in [7, 11) is 1.70. The van der Waals surface area contributed by atoms with E-state index in [0.29, 0.717) is 6.04 Å². The Morgan fingerprint density at radius 1 is 1.17 bits per heavy atom. The van der Waals surface area contributed by atoms with Crippen LogP contribution in [-0.4, -0.2) is 39.8 Å². The molecule has 1 aliphatic heterocycles. The van der Waals surface area contributed by atoms with Gasteiger partial charge in [-0.2, -0.15) is 0 Å². The van der Waals surface area contributed by atoms with Crippen LogP contribution < -0.4 is 20.3 Å². The highest BCUT2D eigenvalue weighted by Gasteiger charge is 2.29. The molecule has 0 bridgehead atoms. The Morgan fingerprint density at radius 3 is 2.46 bits per heavy atom. The topological polar surface area (TPSA) is 44.6 Å². The predicted molar refractivity (Wildman–Crippen MR) is 97.9 cm³/mol. The molecule has 0 aliphatic carbocycles. The molecule has 0 aromatic heterocycles. The molecule has 1 saturated heterocycles. The zero-order valence-corrected chi connectivity index (χ0v) is 14.9. The lowest BCUT2D eigenvalue weighted by Gasteiger charge is -2.36. The molecule has 0 unspecified atom stereocenters. The molecule has 1 atom stereocenters. The van der Waals surface area contributed by atoms with Crippen molar-refractivity contribution in [3.8, 4) is 5.75 Å². The number of piperazine rings is 1. The van der Waals surface area contributed by atoms with Crippen LogP contribution in [0.3, 0.4) is 0 Å². The van der Waals surface area contributed by atoms with Crippen LogP contribution in [-0.2, 0) is 0 Å². The van der Waals surface area contributed by atoms with E-state index in [9.17, 15) is 0 Å². The molecular weight excluding hydrogens is 322 g/mol. The summed E-state index contributed by atoms with van der Waals surface area (Å²) >= 11 is 6.12. The minimum Gasteiger partial charge on any atom is -0.497 e. The first kappa shape index (κ1) is 17.1. The molecule has 0 saturated carbocycles. The molecule has 1 fully saturated rings. The van der Waals surface area contributed by atoms with Crippen LogP contribution in [0.5, 0.6) is 5.75 Å². The van der Waals surface area contributed by atoms with E-state index < -0.39 is 0 Å². The van der Waals surface area contributed by atoms with E-state index in [1.165, 1.54) is 11.3 Å². The van der Waals surface area contributed by atoms with Gasteiger partial charge in [0.25, 0.3) is 0 Å². The van der Waals surface area contributed by atoms with Crippen molar-refractivity contribution in [2.75, 3.05) is 44.7 Å². The maximum Gasteiger partial charge on any atom is 0.163 e. The van der Waals surface area contributed by atoms with E-state index in [1.54, 1.807) is 12.0 Å². The number of anilines is 1. The molecule has 0 spiro atoms. The number of quaternary nitrogens is 2. The fraction of sp³-hybridized carbons (Fsp3) is 0.368. The fourth-order valence-electron chi connectivity index (χ4n) is 3.52. The van der Waals surface area contributed by atoms with Crippen molar-refractivity contribution in [2.45, 2.75) is 6.04 Å². The number of hydrogen-bond acceptors (Lipinski definition) is 2. The van der Waals surface area contributed by atoms with E-state index in [4.69, 9.17) is 16.3 Å². The molecule has 2 aromatic carbocycles. The second kappa shape index (κ2) is 7.88. The number of benzene rings is 2. The average Bonchev–Trinajstić information content (AvgIpc) is 2.63. The van der Waals surface area contributed by atoms with Crippen LogP contribution >= 0.6 is 11.6 Å². The summed E-state index contributed by atoms with van der Waals surface area (Å²) in [5.41, 5.74) is 6.75. The normalized spacial score (nSPS) is 16.9. The second-order valence-electron chi connectivity index (χ2n) is 6.24. The summed E-state index contributed by atoms with van der Waals surface area (Å²) in [5.74, 6) is 0.905. The molecule has 4 nitrogen and oxygen atoms in total. The van der Waals surface area contributed by atoms with Gasteiger partial charge < -0.3 is 20.3 Å². The van der Waals surface area contributed by atoms with Gasteiger partial charge in [-0.15, -0.1) is 0 Å². The van der Waals surface area contributed by atoms with Crippen LogP contribution in [0.2, 0.25) is 5.02 Å². The van der Waals surface area contributed by atoms with Gasteiger partial charge in [0.05, 0.1) is 33.3 Å². The number of nitrogens with one attached hydrogen (secondary N) is 1. The number of rotatable bonds is 5. The summed E-state index contributed by atoms with van der Waals surface area (Å²) < 4.78 is 5.26. The zero-order chi connectivity index (χ0) is 16.9. The third kappa shape index (κ3) is 3.83. The fourth-order valence-corrected chi connectivity index (χ4v) is 3.70. The highest BCUT2D eigenvalue weighted by molar-refractivity contribution is 6.30. The lowest BCUT2D eigenvalue weighted by atomic mass is 10.0. The molecular formula is C19H26ClN3O+2. The van der Waals surface area contributed by atoms with Crippen molar-refractivity contribution in [3.63, 3.8) is 0 Å². The van der Waals surface area contributed by atoms with Gasteiger partial charge in [-0.05, 0) is 42.5 Å². The van der Waals surface area contributed by atoms with Crippen LogP contribution in [0.25, 0.3) is 0 Å². The van der Waals surface area contributed by atoms with E-state index in [-0.39, 0.29) is 0 Å². The van der Waals surface area contributed by atoms with Crippen LogP contribution in [0.1, 0.15) is 11.6 Å². The van der Waals surface area contributed by atoms with Gasteiger partial charge in [0.1, 0.15) is 12.3 Å². The molecule has 1 heterocycles. The summed E-state index contributed by atoms with van der Waals surface area (Å²) in [6.45, 7) is 5.21. The summed E-state index contributed by atoms with van der Waals surface area (Å²) in [6, 6.07) is 17.0. The highest BCUT2D eigenvalue weighted by atomic mass is 35.5. The first-order valence-electron chi connectivity index (χ1n) is 8.49. The number of ether oxygens (including phenoxy) is 1. The Balaban J connectivity index is 1.65. The second-order valence-corrected chi connectivity index (χ2v) is 6.68. The number of halogens is 1. The quantitative estimate of drug-likeness (QED) is 0.848. The summed E-state index contributed by atoms with van der Waals surface area (Å²) in [5, 5.41) is 0.802. The standard InChI is InChI=1S/C19H24ClN3O/c1-24-18-7-5-15(6-8-18)19(14-21)23-11-9-22(10-12-23)17-4-2-3-16(20)13-17/h2-8,13,19H,9-12,14,21H2,1H3/p+2/t19-/m1/s1. The van der Waals surface area contributed by atoms with Crippen molar-refractivity contribution in [2.24, 2.45) is 0 Å². The third-order valence-electron chi connectivity index (χ3n) is 4.88. The van der Waals surface area contributed by atoms with Gasteiger partial charge in [-0.3, -0.25) is 0 Å². The Morgan fingerprint density at radius 2 is 1.88 bits per heavy atom. The highest BCUT2D eigenvalue weighted by Crippen LogP contribution is 2.20. The van der Waals surface area contributed by atoms with Crippen LogP contribution in [0, 0.1) is 0 Å². The third-order valence-corrected chi connectivity index (χ3v) is 5.11. The largest absolute Gasteiger partial charge is 0.497 e. The Labute approximate surface area is 148 Å². The Bertz CT molecular complexity index is 654. The Kier molecular flexibility index (Phi) is 5.61. The van der Waals surface area contributed by atoms with Gasteiger partial charge in [0, 0.05) is 16.3 Å². The van der Waals surface area contributed by atoms with Gasteiger partial charge in [-0.1, -0.05) is 17.7 Å². The van der Waals surface area contributed by atoms with Gasteiger partial charge >= 0.3 is 0 Å². The predicted octanol–water partition coefficient (Wildman–Crippen LogP) is 1.04. The molecule has 0 amide bonds. The van der Waals surface area contributed by atoms with Crippen LogP contribution in [0.15, 0.2) is 48.5 Å². The lowest BCUT2D eigenvalue weighted by molar-refractivity contribution is -0.938. The van der Waals surface area contributed by atoms with Crippen LogP contribution in [0.4, 0.5) is 5.69 Å². The molecule has 1 aliphatic rings. The smallest absolute Gasteiger partial charge is 0.163 e. The van der Waals surface area contributed by atoms with Crippen molar-refractivity contribution in [3.05, 3.63) is 59.1 Å². The maximum atomic E-state index is 6.12. The van der Waals surface area contributed by atoms with Crippen molar-refractivity contribution >= 4 is 17.3 Å². The van der Waals surface area contributed by atoms with E-state index in [2.05, 4.69) is 34.9 Å². The van der Waals surface area contributed by atoms with E-state index in [0.717, 1.165) is 43.5 Å². The van der Waals surface area contributed by atoms with Crippen molar-refractivity contribution in [1.29, 1.82) is 0 Å². The first-order valence-corrected chi connectivity index (χ1v) is 8.87. The van der Waals surface area contributed by atoms with Crippen molar-refractivity contribution < 1.29 is 15.4 Å². The minimum atomic E-state index is 0.442. The molecule has 3 rings (SSSR count). The lowest BCUT2D eigenvalue weighted by Crippen LogP contribution is -3.16. The molecule has 2 aromatic rings. The first-order chi connectivity index (χ1) is 11.7. The van der Waals surface area contributed by atoms with E-state index >= 15 is 0 Å². The average molecular weight is 348 g/mol. The Hall–Kier alpha value is -1.75. The molecule has 24 heavy (non-hydrogen) atoms. The van der Waals surface area contributed by atoms with E-state index in [1.807, 2.05) is 24.3 Å². The summed E-state index contributed by atoms with van der Waals surface area (Å²) in [6.07, 6.45) is 0. The molecule has 4 N–H and O–H groups in total. The zero-order valence-electron chi connectivity index (χ0n) is 14.2. The maximum absolute atomic E-state index is 6.12. The number of hydrogen-bond donors (Lipinski definition) is 2. The van der Waals surface area contributed by atoms with Gasteiger partial charge in [-0.25, -0.2) is 0 Å². The monoisotopic (exact) mass is 347 g/mol. The van der Waals surface area contributed by atoms with Crippen molar-refractivity contribution in [1.82, 2.24) is 0 Å². The number of methoxy groups -OCH3 is 1. The minimum absolute atomic E-state index is 0.442. The number of nitrogens with zero attached hydrogens (tertiary/aromatic N) is 1.